The number of hydrogen-bond acceptors (Lipinski definition) is 5. The van der Waals surface area contributed by atoms with E-state index in [2.05, 4.69) is 0 Å². The normalized spacial score (nSPS) is 22.2. The fraction of sp³-hybridized carbons (Fsp3) is 0.571. The molecule has 1 saturated heterocycles. The van der Waals surface area contributed by atoms with Crippen LogP contribution in [0.15, 0.2) is 18.2 Å². The molecule has 1 heterocycles. The lowest BCUT2D eigenvalue weighted by molar-refractivity contribution is 0.197. The molecule has 2 N–H and O–H groups in total. The van der Waals surface area contributed by atoms with Crippen LogP contribution in [0.5, 0.6) is 0 Å². The predicted octanol–water partition coefficient (Wildman–Crippen LogP) is 1.55. The van der Waals surface area contributed by atoms with Crippen molar-refractivity contribution in [3.63, 3.8) is 0 Å². The fourth-order valence-electron chi connectivity index (χ4n) is 2.73. The zero-order valence-corrected chi connectivity index (χ0v) is 13.9. The number of nitrogens with zero attached hydrogens (tertiary/aromatic N) is 1. The molecule has 0 bridgehead atoms. The van der Waals surface area contributed by atoms with Gasteiger partial charge in [0.05, 0.1) is 0 Å². The van der Waals surface area contributed by atoms with E-state index >= 15 is 0 Å². The molecule has 0 spiro atoms. The quantitative estimate of drug-likeness (QED) is 0.906. The van der Waals surface area contributed by atoms with E-state index in [0.717, 1.165) is 16.9 Å². The van der Waals surface area contributed by atoms with Gasteiger partial charge in [-0.2, -0.15) is 11.8 Å². The van der Waals surface area contributed by atoms with Crippen molar-refractivity contribution in [2.45, 2.75) is 18.3 Å². The van der Waals surface area contributed by atoms with E-state index in [1.807, 2.05) is 11.8 Å². The molecule has 1 aromatic carbocycles. The Morgan fingerprint density at radius 1 is 1.52 bits per heavy atom. The number of hydrogen-bond donors (Lipinski definition) is 1. The molecule has 0 radical (unpaired) electrons. The maximum atomic E-state index is 13.6. The molecule has 0 saturated carbocycles. The Morgan fingerprint density at radius 3 is 2.86 bits per heavy atom. The van der Waals surface area contributed by atoms with Gasteiger partial charge < -0.3 is 5.73 Å². The highest BCUT2D eigenvalue weighted by Crippen LogP contribution is 2.31. The van der Waals surface area contributed by atoms with E-state index < -0.39 is 15.2 Å². The van der Waals surface area contributed by atoms with Crippen LogP contribution in [0.3, 0.4) is 0 Å². The second-order valence-electron chi connectivity index (χ2n) is 5.35. The number of rotatable bonds is 4. The molecule has 7 heteroatoms. The summed E-state index contributed by atoms with van der Waals surface area (Å²) in [6.45, 7) is 2.80. The molecule has 1 aromatic rings. The second-order valence-corrected chi connectivity index (χ2v) is 8.70. The lowest BCUT2D eigenvalue weighted by Crippen LogP contribution is -2.50. The second kappa shape index (κ2) is 6.64. The lowest BCUT2D eigenvalue weighted by atomic mass is 9.99. The summed E-state index contributed by atoms with van der Waals surface area (Å²) in [5.41, 5.74) is 7.60. The Bertz CT molecular complexity index is 607. The highest BCUT2D eigenvalue weighted by molar-refractivity contribution is 8.00. The third kappa shape index (κ3) is 3.77. The lowest BCUT2D eigenvalue weighted by Gasteiger charge is -2.40. The van der Waals surface area contributed by atoms with Crippen LogP contribution < -0.4 is 5.73 Å². The first-order valence-corrected chi connectivity index (χ1v) is 9.94. The van der Waals surface area contributed by atoms with Crippen molar-refractivity contribution in [2.75, 3.05) is 30.9 Å². The molecule has 1 fully saturated rings. The minimum atomic E-state index is -3.21. The van der Waals surface area contributed by atoms with Crippen molar-refractivity contribution in [1.29, 1.82) is 0 Å². The van der Waals surface area contributed by atoms with Crippen molar-refractivity contribution in [1.82, 2.24) is 4.90 Å². The minimum Gasteiger partial charge on any atom is -0.329 e. The number of sulfone groups is 1. The number of benzene rings is 1. The molecule has 2 unspecified atom stereocenters. The largest absolute Gasteiger partial charge is 0.329 e. The average Bonchev–Trinajstić information content (AvgIpc) is 2.43. The van der Waals surface area contributed by atoms with E-state index in [1.54, 1.807) is 17.8 Å². The molecule has 0 aliphatic carbocycles. The van der Waals surface area contributed by atoms with Gasteiger partial charge in [0.1, 0.15) is 11.2 Å². The van der Waals surface area contributed by atoms with Gasteiger partial charge in [0.2, 0.25) is 0 Å². The first-order valence-electron chi connectivity index (χ1n) is 6.83. The molecule has 1 aliphatic rings. The van der Waals surface area contributed by atoms with Crippen LogP contribution in [-0.4, -0.2) is 49.5 Å². The van der Waals surface area contributed by atoms with E-state index in [1.165, 1.54) is 18.4 Å². The minimum absolute atomic E-state index is 0.265. The summed E-state index contributed by atoms with van der Waals surface area (Å²) in [6.07, 6.45) is 1.25. The molecule has 2 rings (SSSR count). The first-order chi connectivity index (χ1) is 9.84. The van der Waals surface area contributed by atoms with Crippen LogP contribution in [-0.2, 0) is 9.84 Å². The van der Waals surface area contributed by atoms with Gasteiger partial charge in [0.25, 0.3) is 0 Å². The van der Waals surface area contributed by atoms with Gasteiger partial charge in [0.15, 0.2) is 9.84 Å². The SMILES string of the molecule is Cc1ccc(F)cc1C(CN)N1CCSCC1S(C)(=O)=O. The number of halogens is 1. The summed E-state index contributed by atoms with van der Waals surface area (Å²) in [7, 11) is -3.21. The summed E-state index contributed by atoms with van der Waals surface area (Å²) in [5.74, 6) is 1.07. The maximum absolute atomic E-state index is 13.6. The first kappa shape index (κ1) is 16.7. The van der Waals surface area contributed by atoms with E-state index in [-0.39, 0.29) is 18.4 Å². The monoisotopic (exact) mass is 332 g/mol. The number of thioether (sulfide) groups is 1. The maximum Gasteiger partial charge on any atom is 0.164 e. The Labute approximate surface area is 129 Å². The number of nitrogens with two attached hydrogens (primary N) is 1. The van der Waals surface area contributed by atoms with Gasteiger partial charge in [-0.1, -0.05) is 6.07 Å². The van der Waals surface area contributed by atoms with E-state index in [0.29, 0.717) is 12.3 Å². The van der Waals surface area contributed by atoms with Crippen LogP contribution in [0.25, 0.3) is 0 Å². The summed E-state index contributed by atoms with van der Waals surface area (Å²) < 4.78 is 37.6. The Balaban J connectivity index is 2.41. The Hall–Kier alpha value is -0.630. The van der Waals surface area contributed by atoms with Crippen LogP contribution >= 0.6 is 11.8 Å². The van der Waals surface area contributed by atoms with Crippen molar-refractivity contribution in [3.8, 4) is 0 Å². The zero-order valence-electron chi connectivity index (χ0n) is 12.3. The number of aryl methyl sites for hydroxylation is 1. The van der Waals surface area contributed by atoms with Gasteiger partial charge >= 0.3 is 0 Å². The molecular formula is C14H21FN2O2S2. The third-order valence-corrected chi connectivity index (χ3v) is 6.50. The molecular weight excluding hydrogens is 311 g/mol. The topological polar surface area (TPSA) is 63.4 Å². The molecule has 21 heavy (non-hydrogen) atoms. The van der Waals surface area contributed by atoms with Gasteiger partial charge in [-0.25, -0.2) is 12.8 Å². The highest BCUT2D eigenvalue weighted by Gasteiger charge is 2.36. The summed E-state index contributed by atoms with van der Waals surface area (Å²) in [4.78, 5) is 1.91. The van der Waals surface area contributed by atoms with E-state index in [9.17, 15) is 12.8 Å². The third-order valence-electron chi connectivity index (χ3n) is 3.84. The molecule has 0 aromatic heterocycles. The van der Waals surface area contributed by atoms with Gasteiger partial charge in [-0.05, 0) is 30.2 Å². The summed E-state index contributed by atoms with van der Waals surface area (Å²) >= 11 is 1.63. The zero-order chi connectivity index (χ0) is 15.6. The molecule has 4 nitrogen and oxygen atoms in total. The predicted molar refractivity (Wildman–Crippen MR) is 85.6 cm³/mol. The highest BCUT2D eigenvalue weighted by atomic mass is 32.2. The fourth-order valence-corrected chi connectivity index (χ4v) is 5.65. The summed E-state index contributed by atoms with van der Waals surface area (Å²) in [6, 6.07) is 4.31. The van der Waals surface area contributed by atoms with Gasteiger partial charge in [-0.15, -0.1) is 0 Å². The van der Waals surface area contributed by atoms with Crippen LogP contribution in [0, 0.1) is 12.7 Å². The van der Waals surface area contributed by atoms with Crippen LogP contribution in [0.2, 0.25) is 0 Å². The molecule has 1 aliphatic heterocycles. The average molecular weight is 332 g/mol. The smallest absolute Gasteiger partial charge is 0.164 e. The van der Waals surface area contributed by atoms with Crippen molar-refractivity contribution in [2.24, 2.45) is 5.73 Å². The summed E-state index contributed by atoms with van der Waals surface area (Å²) in [5, 5.41) is -0.563. The Morgan fingerprint density at radius 2 is 2.24 bits per heavy atom. The van der Waals surface area contributed by atoms with Crippen molar-refractivity contribution in [3.05, 3.63) is 35.1 Å². The van der Waals surface area contributed by atoms with Crippen LogP contribution in [0.1, 0.15) is 17.2 Å². The van der Waals surface area contributed by atoms with Crippen molar-refractivity contribution < 1.29 is 12.8 Å². The Kier molecular flexibility index (Phi) is 5.29. The standard InChI is InChI=1S/C14H21FN2O2S2/c1-10-3-4-11(15)7-12(10)13(8-16)17-5-6-20-9-14(17)21(2,18)19/h3-4,7,13-14H,5-6,8-9,16H2,1-2H3. The van der Waals surface area contributed by atoms with Crippen LogP contribution in [0.4, 0.5) is 4.39 Å². The molecule has 118 valence electrons. The van der Waals surface area contributed by atoms with E-state index in [4.69, 9.17) is 5.73 Å². The molecule has 0 amide bonds. The van der Waals surface area contributed by atoms with Gasteiger partial charge in [-0.3, -0.25) is 4.90 Å². The van der Waals surface area contributed by atoms with Gasteiger partial charge in [0, 0.05) is 36.9 Å². The molecule has 2 atom stereocenters. The van der Waals surface area contributed by atoms with Crippen molar-refractivity contribution >= 4 is 21.6 Å².